The molecule has 0 aliphatic heterocycles. The molecule has 4 heteroatoms. The monoisotopic (exact) mass is 320 g/mol. The SMILES string of the molecule is CCOC(=O)c1cnc2c(-c3ccccc3)cccc2c1N(C)C. The van der Waals surface area contributed by atoms with E-state index >= 15 is 0 Å². The summed E-state index contributed by atoms with van der Waals surface area (Å²) in [6, 6.07) is 16.2. The van der Waals surface area contributed by atoms with Crippen molar-refractivity contribution in [1.29, 1.82) is 0 Å². The van der Waals surface area contributed by atoms with Crippen LogP contribution in [-0.2, 0) is 4.74 Å². The van der Waals surface area contributed by atoms with E-state index in [0.717, 1.165) is 27.7 Å². The van der Waals surface area contributed by atoms with Crippen LogP contribution in [0.4, 0.5) is 5.69 Å². The highest BCUT2D eigenvalue weighted by Gasteiger charge is 2.19. The summed E-state index contributed by atoms with van der Waals surface area (Å²) in [6.45, 7) is 2.14. The fourth-order valence-electron chi connectivity index (χ4n) is 2.90. The lowest BCUT2D eigenvalue weighted by molar-refractivity contribution is 0.0527. The second kappa shape index (κ2) is 6.71. The van der Waals surface area contributed by atoms with E-state index in [1.165, 1.54) is 0 Å². The third kappa shape index (κ3) is 2.83. The molecule has 0 aliphatic carbocycles. The first-order chi connectivity index (χ1) is 11.6. The number of rotatable bonds is 4. The van der Waals surface area contributed by atoms with Crippen LogP contribution in [-0.4, -0.2) is 31.7 Å². The molecule has 0 unspecified atom stereocenters. The molecular formula is C20H20N2O2. The van der Waals surface area contributed by atoms with Crippen molar-refractivity contribution in [3.63, 3.8) is 0 Å². The van der Waals surface area contributed by atoms with Crippen molar-refractivity contribution in [2.24, 2.45) is 0 Å². The third-order valence-electron chi connectivity index (χ3n) is 3.90. The van der Waals surface area contributed by atoms with E-state index in [1.807, 2.05) is 55.4 Å². The zero-order chi connectivity index (χ0) is 17.1. The highest BCUT2D eigenvalue weighted by molar-refractivity contribution is 6.08. The number of carbonyl (C=O) groups excluding carboxylic acids is 1. The Morgan fingerprint density at radius 3 is 2.50 bits per heavy atom. The number of esters is 1. The number of pyridine rings is 1. The summed E-state index contributed by atoms with van der Waals surface area (Å²) in [6.07, 6.45) is 1.61. The predicted molar refractivity (Wildman–Crippen MR) is 97.5 cm³/mol. The van der Waals surface area contributed by atoms with Gasteiger partial charge in [0.2, 0.25) is 0 Å². The van der Waals surface area contributed by atoms with Crippen LogP contribution in [0.25, 0.3) is 22.0 Å². The lowest BCUT2D eigenvalue weighted by Crippen LogP contribution is -2.16. The fourth-order valence-corrected chi connectivity index (χ4v) is 2.90. The smallest absolute Gasteiger partial charge is 0.341 e. The molecular weight excluding hydrogens is 300 g/mol. The molecule has 3 aromatic rings. The van der Waals surface area contributed by atoms with Gasteiger partial charge in [0, 0.05) is 31.2 Å². The molecule has 1 heterocycles. The Bertz CT molecular complexity index is 873. The van der Waals surface area contributed by atoms with E-state index in [-0.39, 0.29) is 5.97 Å². The Balaban J connectivity index is 2.27. The van der Waals surface area contributed by atoms with Crippen LogP contribution >= 0.6 is 0 Å². The molecule has 0 aliphatic rings. The van der Waals surface area contributed by atoms with Gasteiger partial charge in [-0.25, -0.2) is 4.79 Å². The van der Waals surface area contributed by atoms with Gasteiger partial charge in [-0.2, -0.15) is 0 Å². The van der Waals surface area contributed by atoms with Gasteiger partial charge in [0.1, 0.15) is 5.56 Å². The molecule has 2 aromatic carbocycles. The highest BCUT2D eigenvalue weighted by atomic mass is 16.5. The van der Waals surface area contributed by atoms with Gasteiger partial charge in [0.25, 0.3) is 0 Å². The maximum atomic E-state index is 12.3. The number of carbonyl (C=O) groups is 1. The quantitative estimate of drug-likeness (QED) is 0.677. The molecule has 0 amide bonds. The summed E-state index contributed by atoms with van der Waals surface area (Å²) in [7, 11) is 3.85. The van der Waals surface area contributed by atoms with Crippen molar-refractivity contribution in [2.75, 3.05) is 25.6 Å². The van der Waals surface area contributed by atoms with Gasteiger partial charge in [0.05, 0.1) is 17.8 Å². The topological polar surface area (TPSA) is 42.4 Å². The van der Waals surface area contributed by atoms with E-state index in [2.05, 4.69) is 17.1 Å². The second-order valence-electron chi connectivity index (χ2n) is 5.70. The Labute approximate surface area is 141 Å². The van der Waals surface area contributed by atoms with Crippen molar-refractivity contribution < 1.29 is 9.53 Å². The Morgan fingerprint density at radius 2 is 1.83 bits per heavy atom. The first-order valence-electron chi connectivity index (χ1n) is 7.95. The summed E-state index contributed by atoms with van der Waals surface area (Å²) in [5.74, 6) is -0.347. The summed E-state index contributed by atoms with van der Waals surface area (Å²) >= 11 is 0. The molecule has 0 spiro atoms. The highest BCUT2D eigenvalue weighted by Crippen LogP contribution is 2.34. The van der Waals surface area contributed by atoms with Gasteiger partial charge < -0.3 is 9.64 Å². The van der Waals surface area contributed by atoms with Crippen LogP contribution < -0.4 is 4.90 Å². The maximum absolute atomic E-state index is 12.3. The van der Waals surface area contributed by atoms with Crippen molar-refractivity contribution in [1.82, 2.24) is 4.98 Å². The Hall–Kier alpha value is -2.88. The van der Waals surface area contributed by atoms with Crippen LogP contribution in [0.2, 0.25) is 0 Å². The second-order valence-corrected chi connectivity index (χ2v) is 5.70. The predicted octanol–water partition coefficient (Wildman–Crippen LogP) is 4.14. The number of aromatic nitrogens is 1. The molecule has 0 saturated carbocycles. The van der Waals surface area contributed by atoms with Crippen molar-refractivity contribution in [3.05, 3.63) is 60.3 Å². The molecule has 3 rings (SSSR count). The van der Waals surface area contributed by atoms with Gasteiger partial charge in [0.15, 0.2) is 0 Å². The van der Waals surface area contributed by atoms with Crippen LogP contribution in [0.1, 0.15) is 17.3 Å². The van der Waals surface area contributed by atoms with Gasteiger partial charge >= 0.3 is 5.97 Å². The molecule has 1 aromatic heterocycles. The van der Waals surface area contributed by atoms with E-state index in [1.54, 1.807) is 13.1 Å². The molecule has 24 heavy (non-hydrogen) atoms. The van der Waals surface area contributed by atoms with Crippen molar-refractivity contribution in [3.8, 4) is 11.1 Å². The first-order valence-corrected chi connectivity index (χ1v) is 7.95. The molecule has 0 saturated heterocycles. The number of hydrogen-bond acceptors (Lipinski definition) is 4. The largest absolute Gasteiger partial charge is 0.462 e. The average Bonchev–Trinajstić information content (AvgIpc) is 2.61. The number of anilines is 1. The number of fused-ring (bicyclic) bond motifs is 1. The Kier molecular flexibility index (Phi) is 4.47. The van der Waals surface area contributed by atoms with E-state index in [4.69, 9.17) is 4.74 Å². The molecule has 122 valence electrons. The first kappa shape index (κ1) is 16.0. The minimum Gasteiger partial charge on any atom is -0.462 e. The summed E-state index contributed by atoms with van der Waals surface area (Å²) in [5, 5.41) is 0.937. The third-order valence-corrected chi connectivity index (χ3v) is 3.90. The maximum Gasteiger partial charge on any atom is 0.341 e. The van der Waals surface area contributed by atoms with Gasteiger partial charge in [-0.05, 0) is 12.5 Å². The van der Waals surface area contributed by atoms with Crippen LogP contribution in [0.5, 0.6) is 0 Å². The molecule has 0 radical (unpaired) electrons. The van der Waals surface area contributed by atoms with Gasteiger partial charge in [-0.3, -0.25) is 4.98 Å². The number of hydrogen-bond donors (Lipinski definition) is 0. The van der Waals surface area contributed by atoms with E-state index in [0.29, 0.717) is 12.2 Å². The lowest BCUT2D eigenvalue weighted by Gasteiger charge is -2.20. The number of benzene rings is 2. The summed E-state index contributed by atoms with van der Waals surface area (Å²) < 4.78 is 5.18. The number of ether oxygens (including phenoxy) is 1. The van der Waals surface area contributed by atoms with Crippen LogP contribution in [0.15, 0.2) is 54.7 Å². The van der Waals surface area contributed by atoms with Crippen molar-refractivity contribution in [2.45, 2.75) is 6.92 Å². The number of nitrogens with zero attached hydrogens (tertiary/aromatic N) is 2. The molecule has 0 atom stereocenters. The Morgan fingerprint density at radius 1 is 1.08 bits per heavy atom. The molecule has 0 N–H and O–H groups in total. The lowest BCUT2D eigenvalue weighted by atomic mass is 9.99. The van der Waals surface area contributed by atoms with Crippen LogP contribution in [0, 0.1) is 0 Å². The van der Waals surface area contributed by atoms with Crippen molar-refractivity contribution >= 4 is 22.6 Å². The van der Waals surface area contributed by atoms with E-state index < -0.39 is 0 Å². The summed E-state index contributed by atoms with van der Waals surface area (Å²) in [4.78, 5) is 18.8. The van der Waals surface area contributed by atoms with Gasteiger partial charge in [-0.1, -0.05) is 48.5 Å². The fraction of sp³-hybridized carbons (Fsp3) is 0.200. The molecule has 4 nitrogen and oxygen atoms in total. The standard InChI is InChI=1S/C20H20N2O2/c1-4-24-20(23)17-13-21-18-15(14-9-6-5-7-10-14)11-8-12-16(18)19(17)22(2)3/h5-13H,4H2,1-3H3. The zero-order valence-corrected chi connectivity index (χ0v) is 14.1. The van der Waals surface area contributed by atoms with Gasteiger partial charge in [-0.15, -0.1) is 0 Å². The molecule has 0 bridgehead atoms. The normalized spacial score (nSPS) is 10.6. The minimum atomic E-state index is -0.347. The number of para-hydroxylation sites is 1. The van der Waals surface area contributed by atoms with Crippen LogP contribution in [0.3, 0.4) is 0 Å². The average molecular weight is 320 g/mol. The summed E-state index contributed by atoms with van der Waals surface area (Å²) in [5.41, 5.74) is 4.34. The minimum absolute atomic E-state index is 0.341. The zero-order valence-electron chi connectivity index (χ0n) is 14.1. The van der Waals surface area contributed by atoms with E-state index in [9.17, 15) is 4.79 Å². The molecule has 0 fully saturated rings.